The predicted molar refractivity (Wildman–Crippen MR) is 175 cm³/mol. The van der Waals surface area contributed by atoms with Crippen molar-refractivity contribution in [3.8, 4) is 0 Å². The maximum absolute atomic E-state index is 4.73. The van der Waals surface area contributed by atoms with Crippen molar-refractivity contribution < 1.29 is 0 Å². The molecule has 3 unspecified atom stereocenters. The Kier molecular flexibility index (Phi) is 5.49. The van der Waals surface area contributed by atoms with E-state index >= 15 is 0 Å². The summed E-state index contributed by atoms with van der Waals surface area (Å²) in [6.07, 6.45) is 19.0. The van der Waals surface area contributed by atoms with Gasteiger partial charge in [-0.3, -0.25) is 15.3 Å². The van der Waals surface area contributed by atoms with E-state index in [0.717, 1.165) is 29.9 Å². The number of rotatable bonds is 4. The molecule has 208 valence electrons. The van der Waals surface area contributed by atoms with Crippen molar-refractivity contribution in [3.63, 3.8) is 0 Å². The number of hydrogen-bond acceptors (Lipinski definition) is 4. The third-order valence-electron chi connectivity index (χ3n) is 9.03. The highest BCUT2D eigenvalue weighted by atomic mass is 15.3. The van der Waals surface area contributed by atoms with Crippen LogP contribution < -0.4 is 10.6 Å². The van der Waals surface area contributed by atoms with Crippen molar-refractivity contribution in [2.45, 2.75) is 31.2 Å². The molecule has 1 aliphatic carbocycles. The average Bonchev–Trinajstić information content (AvgIpc) is 3.53. The first-order chi connectivity index (χ1) is 21.3. The molecular formula is C37H30N6. The van der Waals surface area contributed by atoms with Crippen molar-refractivity contribution in [1.82, 2.24) is 29.7 Å². The number of fused-ring (bicyclic) bond motifs is 2. The first kappa shape index (κ1) is 24.4. The monoisotopic (exact) mass is 558 g/mol. The third-order valence-corrected chi connectivity index (χ3v) is 9.03. The van der Waals surface area contributed by atoms with Crippen molar-refractivity contribution in [1.29, 1.82) is 0 Å². The van der Waals surface area contributed by atoms with Crippen LogP contribution in [0.5, 0.6) is 0 Å². The van der Waals surface area contributed by atoms with Crippen molar-refractivity contribution >= 4 is 49.2 Å². The first-order valence-corrected chi connectivity index (χ1v) is 15.0. The summed E-state index contributed by atoms with van der Waals surface area (Å²) in [6.45, 7) is 0. The topological polar surface area (TPSA) is 59.7 Å². The second-order valence-corrected chi connectivity index (χ2v) is 11.5. The Bertz CT molecular complexity index is 2200. The van der Waals surface area contributed by atoms with E-state index in [0.29, 0.717) is 6.04 Å². The summed E-state index contributed by atoms with van der Waals surface area (Å²) < 4.78 is 4.92. The van der Waals surface area contributed by atoms with Gasteiger partial charge in [0.05, 0.1) is 45.7 Å². The Morgan fingerprint density at radius 2 is 1.70 bits per heavy atom. The van der Waals surface area contributed by atoms with Crippen LogP contribution in [-0.2, 0) is 0 Å². The summed E-state index contributed by atoms with van der Waals surface area (Å²) in [4.78, 5) is 9.44. The average molecular weight is 559 g/mol. The molecule has 0 bridgehead atoms. The van der Waals surface area contributed by atoms with Crippen LogP contribution in [0, 0.1) is 0 Å². The van der Waals surface area contributed by atoms with Crippen LogP contribution >= 0.6 is 0 Å². The molecule has 3 aromatic carbocycles. The van der Waals surface area contributed by atoms with Crippen LogP contribution in [-0.4, -0.2) is 19.1 Å². The number of nitrogens with one attached hydrogen (secondary N) is 2. The highest BCUT2D eigenvalue weighted by Gasteiger charge is 2.30. The smallest absolute Gasteiger partial charge is 0.160 e. The molecule has 1 aliphatic heterocycles. The maximum Gasteiger partial charge on any atom is 0.160 e. The summed E-state index contributed by atoms with van der Waals surface area (Å²) in [5.74, 6) is 0. The molecule has 0 saturated heterocycles. The zero-order chi connectivity index (χ0) is 28.3. The van der Waals surface area contributed by atoms with E-state index in [4.69, 9.17) is 9.97 Å². The summed E-state index contributed by atoms with van der Waals surface area (Å²) in [5, 5.41) is 14.1. The summed E-state index contributed by atoms with van der Waals surface area (Å²) in [7, 11) is 0. The molecule has 43 heavy (non-hydrogen) atoms. The van der Waals surface area contributed by atoms with Crippen LogP contribution in [0.1, 0.15) is 42.6 Å². The largest absolute Gasteiger partial charge is 0.351 e. The molecule has 0 spiro atoms. The van der Waals surface area contributed by atoms with E-state index in [1.807, 2.05) is 36.7 Å². The Balaban J connectivity index is 1.30. The van der Waals surface area contributed by atoms with Crippen LogP contribution in [0.4, 0.5) is 0 Å². The van der Waals surface area contributed by atoms with Gasteiger partial charge in [-0.05, 0) is 72.2 Å². The van der Waals surface area contributed by atoms with Crippen molar-refractivity contribution in [2.75, 3.05) is 0 Å². The van der Waals surface area contributed by atoms with Gasteiger partial charge in [-0.1, -0.05) is 60.7 Å². The van der Waals surface area contributed by atoms with Gasteiger partial charge in [-0.15, -0.1) is 0 Å². The molecule has 6 heteroatoms. The van der Waals surface area contributed by atoms with Gasteiger partial charge in [-0.25, -0.2) is 0 Å². The fourth-order valence-corrected chi connectivity index (χ4v) is 7.11. The zero-order valence-electron chi connectivity index (χ0n) is 23.6. The van der Waals surface area contributed by atoms with E-state index in [1.54, 1.807) is 0 Å². The number of pyridine rings is 2. The van der Waals surface area contributed by atoms with Crippen LogP contribution in [0.3, 0.4) is 0 Å². The molecule has 0 saturated carbocycles. The highest BCUT2D eigenvalue weighted by molar-refractivity contribution is 6.29. The Hall–Kier alpha value is -5.20. The van der Waals surface area contributed by atoms with Gasteiger partial charge in [0, 0.05) is 34.7 Å². The van der Waals surface area contributed by atoms with Crippen molar-refractivity contribution in [2.24, 2.45) is 0 Å². The normalized spacial score (nSPS) is 20.7. The lowest BCUT2D eigenvalue weighted by Crippen LogP contribution is -2.43. The van der Waals surface area contributed by atoms with E-state index < -0.39 is 0 Å². The predicted octanol–water partition coefficient (Wildman–Crippen LogP) is 8.01. The SMILES string of the molecule is C1=CCCC(n2ccc3c2cc2ccc4cccc5c4c2c3n5C2NC(c3ccccn3)=CC(c3ccccn3)N2)C=C1. The minimum atomic E-state index is -0.244. The van der Waals surface area contributed by atoms with Crippen LogP contribution in [0.25, 0.3) is 49.2 Å². The van der Waals surface area contributed by atoms with Gasteiger partial charge in [0.25, 0.3) is 0 Å². The zero-order valence-corrected chi connectivity index (χ0v) is 23.6. The van der Waals surface area contributed by atoms with E-state index in [-0.39, 0.29) is 12.3 Å². The molecule has 9 rings (SSSR count). The molecule has 7 aromatic rings. The summed E-state index contributed by atoms with van der Waals surface area (Å²) >= 11 is 0. The third kappa shape index (κ3) is 3.84. The molecule has 3 atom stereocenters. The second-order valence-electron chi connectivity index (χ2n) is 11.5. The molecule has 2 N–H and O–H groups in total. The lowest BCUT2D eigenvalue weighted by Gasteiger charge is -2.34. The fraction of sp³-hybridized carbons (Fsp3) is 0.135. The second kappa shape index (κ2) is 9.68. The molecule has 6 nitrogen and oxygen atoms in total. The van der Waals surface area contributed by atoms with Crippen LogP contribution in [0.2, 0.25) is 0 Å². The molecule has 2 aliphatic rings. The summed E-state index contributed by atoms with van der Waals surface area (Å²) in [6, 6.07) is 28.3. The van der Waals surface area contributed by atoms with Crippen molar-refractivity contribution in [3.05, 3.63) is 139 Å². The molecule has 0 radical (unpaired) electrons. The van der Waals surface area contributed by atoms with Gasteiger partial charge in [0.2, 0.25) is 0 Å². The molecular weight excluding hydrogens is 528 g/mol. The standard InChI is InChI=1S/C37H30N6/c1-2-4-12-26(11-3-1)42-21-18-27-33(42)22-25-17-16-24-10-9-15-32-34(24)35(25)36(27)43(32)37-40-30(28-13-5-7-19-38-28)23-31(41-37)29-14-6-8-20-39-29/h1-3,5-11,13-23,26,30,37,40-41H,4,12H2. The molecule has 5 heterocycles. The number of hydrogen-bond donors (Lipinski definition) is 2. The van der Waals surface area contributed by atoms with E-state index in [1.165, 1.54) is 43.5 Å². The Morgan fingerprint density at radius 1 is 0.791 bits per heavy atom. The number of allylic oxidation sites excluding steroid dienone is 4. The van der Waals surface area contributed by atoms with E-state index in [9.17, 15) is 0 Å². The fourth-order valence-electron chi connectivity index (χ4n) is 7.11. The lowest BCUT2D eigenvalue weighted by atomic mass is 10.0. The highest BCUT2D eigenvalue weighted by Crippen LogP contribution is 2.44. The number of benzene rings is 3. The van der Waals surface area contributed by atoms with Gasteiger partial charge < -0.3 is 14.5 Å². The minimum Gasteiger partial charge on any atom is -0.351 e. The van der Waals surface area contributed by atoms with Crippen LogP contribution in [0.15, 0.2) is 128 Å². The first-order valence-electron chi connectivity index (χ1n) is 15.0. The molecule has 0 fully saturated rings. The lowest BCUT2D eigenvalue weighted by molar-refractivity contribution is 0.347. The van der Waals surface area contributed by atoms with Gasteiger partial charge in [0.1, 0.15) is 0 Å². The number of nitrogens with zero attached hydrogens (tertiary/aromatic N) is 4. The maximum atomic E-state index is 4.73. The van der Waals surface area contributed by atoms with Gasteiger partial charge in [0.15, 0.2) is 6.29 Å². The quantitative estimate of drug-likeness (QED) is 0.215. The van der Waals surface area contributed by atoms with Gasteiger partial charge in [-0.2, -0.15) is 0 Å². The molecule has 0 amide bonds. The Morgan fingerprint density at radius 3 is 2.58 bits per heavy atom. The summed E-state index contributed by atoms with van der Waals surface area (Å²) in [5.41, 5.74) is 6.56. The van der Waals surface area contributed by atoms with E-state index in [2.05, 4.69) is 111 Å². The number of aromatic nitrogens is 4. The van der Waals surface area contributed by atoms with Gasteiger partial charge >= 0.3 is 0 Å². The minimum absolute atomic E-state index is 0.102. The Labute approximate surface area is 249 Å². The molecule has 4 aromatic heterocycles.